The Morgan fingerprint density at radius 3 is 2.39 bits per heavy atom. The third kappa shape index (κ3) is 4.69. The van der Waals surface area contributed by atoms with Crippen LogP contribution in [-0.2, 0) is 9.59 Å². The number of piperazine rings is 1. The topological polar surface area (TPSA) is 107 Å². The maximum Gasteiger partial charge on any atom is 0.242 e. The van der Waals surface area contributed by atoms with Gasteiger partial charge in [0.2, 0.25) is 23.6 Å². The Balaban J connectivity index is 1.49. The van der Waals surface area contributed by atoms with Crippen molar-refractivity contribution in [3.05, 3.63) is 6.20 Å². The van der Waals surface area contributed by atoms with E-state index in [2.05, 4.69) is 15.1 Å². The number of anilines is 2. The summed E-state index contributed by atoms with van der Waals surface area (Å²) in [6.07, 6.45) is 9.32. The van der Waals surface area contributed by atoms with Crippen LogP contribution in [0, 0.1) is 0 Å². The second-order valence-corrected chi connectivity index (χ2v) is 10.8. The zero-order valence-corrected chi connectivity index (χ0v) is 21.7. The molecule has 2 aliphatic heterocycles. The highest BCUT2D eigenvalue weighted by molar-refractivity contribution is 5.97. The lowest BCUT2D eigenvalue weighted by molar-refractivity contribution is -0.129. The first-order valence-corrected chi connectivity index (χ1v) is 13.5. The minimum Gasteiger partial charge on any atom is -0.493 e. The first-order chi connectivity index (χ1) is 17.3. The second-order valence-electron chi connectivity index (χ2n) is 10.8. The summed E-state index contributed by atoms with van der Waals surface area (Å²) >= 11 is 0. The molecule has 10 nitrogen and oxygen atoms in total. The summed E-state index contributed by atoms with van der Waals surface area (Å²) in [5, 5.41) is 15.1. The van der Waals surface area contributed by atoms with Gasteiger partial charge in [0.05, 0.1) is 5.39 Å². The zero-order valence-electron chi connectivity index (χ0n) is 21.7. The number of nitrogens with zero attached hydrogens (tertiary/aromatic N) is 6. The minimum absolute atomic E-state index is 0.0542. The number of carbonyl (C=O) groups is 2. The van der Waals surface area contributed by atoms with E-state index in [1.54, 1.807) is 6.92 Å². The van der Waals surface area contributed by atoms with E-state index in [0.717, 1.165) is 37.6 Å². The third-order valence-corrected chi connectivity index (χ3v) is 7.98. The van der Waals surface area contributed by atoms with Crippen LogP contribution in [0.4, 0.5) is 11.8 Å². The Hall–Kier alpha value is -3.04. The van der Waals surface area contributed by atoms with Crippen molar-refractivity contribution in [2.75, 3.05) is 42.5 Å². The summed E-state index contributed by atoms with van der Waals surface area (Å²) in [6, 6.07) is 0.0360. The van der Waals surface area contributed by atoms with Crippen molar-refractivity contribution in [1.29, 1.82) is 0 Å². The number of aromatic nitrogens is 3. The van der Waals surface area contributed by atoms with Crippen molar-refractivity contribution >= 4 is 34.5 Å². The van der Waals surface area contributed by atoms with Crippen LogP contribution in [0.5, 0.6) is 5.88 Å². The Labute approximate surface area is 212 Å². The smallest absolute Gasteiger partial charge is 0.242 e. The first-order valence-electron chi connectivity index (χ1n) is 13.5. The lowest BCUT2D eigenvalue weighted by atomic mass is 9.95. The first kappa shape index (κ1) is 24.6. The van der Waals surface area contributed by atoms with Crippen molar-refractivity contribution < 1.29 is 14.7 Å². The summed E-state index contributed by atoms with van der Waals surface area (Å²) < 4.78 is 1.81. The molecule has 3 aliphatic rings. The molecular weight excluding hydrogens is 458 g/mol. The minimum atomic E-state index is -0.281. The predicted molar refractivity (Wildman–Crippen MR) is 139 cm³/mol. The van der Waals surface area contributed by atoms with Gasteiger partial charge >= 0.3 is 0 Å². The molecule has 10 heteroatoms. The van der Waals surface area contributed by atoms with Gasteiger partial charge in [-0.15, -0.1) is 0 Å². The van der Waals surface area contributed by atoms with Crippen molar-refractivity contribution in [3.63, 3.8) is 0 Å². The summed E-state index contributed by atoms with van der Waals surface area (Å²) in [7, 11) is 0. The number of hydrogen-bond donors (Lipinski definition) is 2. The zero-order chi connectivity index (χ0) is 25.4. The highest BCUT2D eigenvalue weighted by Gasteiger charge is 2.35. The van der Waals surface area contributed by atoms with Gasteiger partial charge in [-0.1, -0.05) is 19.3 Å². The number of hydrogen-bond acceptors (Lipinski definition) is 7. The fraction of sp³-hybridized carbons (Fsp3) is 0.692. The molecule has 1 saturated carbocycles. The second kappa shape index (κ2) is 10.1. The van der Waals surface area contributed by atoms with Crippen LogP contribution in [0.2, 0.25) is 0 Å². The molecule has 2 N–H and O–H groups in total. The number of carbonyl (C=O) groups excluding carboxylic acids is 2. The van der Waals surface area contributed by atoms with Gasteiger partial charge in [0, 0.05) is 57.9 Å². The normalized spacial score (nSPS) is 21.6. The maximum absolute atomic E-state index is 13.4. The molecule has 0 unspecified atom stereocenters. The number of fused-ring (bicyclic) bond motifs is 1. The van der Waals surface area contributed by atoms with Crippen molar-refractivity contribution in [1.82, 2.24) is 24.8 Å². The Morgan fingerprint density at radius 2 is 1.72 bits per heavy atom. The lowest BCUT2D eigenvalue weighted by Crippen LogP contribution is -2.49. The van der Waals surface area contributed by atoms with E-state index >= 15 is 0 Å². The average Bonchev–Trinajstić information content (AvgIpc) is 3.49. The Kier molecular flexibility index (Phi) is 6.94. The summed E-state index contributed by atoms with van der Waals surface area (Å²) in [5.41, 5.74) is 0.510. The summed E-state index contributed by atoms with van der Waals surface area (Å²) in [4.78, 5) is 41.0. The number of rotatable bonds is 5. The van der Waals surface area contributed by atoms with Gasteiger partial charge in [0.1, 0.15) is 17.4 Å². The van der Waals surface area contributed by atoms with E-state index in [1.165, 1.54) is 19.3 Å². The monoisotopic (exact) mass is 497 g/mol. The van der Waals surface area contributed by atoms with E-state index in [9.17, 15) is 14.7 Å². The van der Waals surface area contributed by atoms with E-state index in [-0.39, 0.29) is 35.8 Å². The van der Waals surface area contributed by atoms with Gasteiger partial charge in [-0.25, -0.2) is 4.98 Å². The van der Waals surface area contributed by atoms with Gasteiger partial charge in [0.25, 0.3) is 0 Å². The maximum atomic E-state index is 13.4. The largest absolute Gasteiger partial charge is 0.493 e. The average molecular weight is 498 g/mol. The van der Waals surface area contributed by atoms with E-state index < -0.39 is 0 Å². The number of nitrogens with one attached hydrogen (secondary N) is 1. The molecule has 1 aliphatic carbocycles. The van der Waals surface area contributed by atoms with E-state index in [4.69, 9.17) is 9.97 Å². The van der Waals surface area contributed by atoms with Gasteiger partial charge in [0.15, 0.2) is 0 Å². The molecular formula is C26H39N7O3. The van der Waals surface area contributed by atoms with Crippen molar-refractivity contribution in [3.8, 4) is 5.88 Å². The highest BCUT2D eigenvalue weighted by Crippen LogP contribution is 2.38. The standard InChI is InChI=1S/C26H39N7O3/c1-17(2)33-16-20-22(25(33)36)28-26(31-14-12-30(13-15-31)18(3)34)29-23(20)32-11-7-10-21(32)24(35)27-19-8-5-4-6-9-19/h16-17,19,21,36H,4-15H2,1-3H3,(H,27,35)/t21-/m1/s1. The van der Waals surface area contributed by atoms with Crippen LogP contribution in [-0.4, -0.2) is 81.2 Å². The molecule has 4 heterocycles. The molecule has 3 fully saturated rings. The fourth-order valence-electron chi connectivity index (χ4n) is 5.87. The van der Waals surface area contributed by atoms with Gasteiger partial charge < -0.3 is 29.7 Å². The number of amides is 2. The molecule has 0 bridgehead atoms. The summed E-state index contributed by atoms with van der Waals surface area (Å²) in [5.74, 6) is 1.52. The van der Waals surface area contributed by atoms with Gasteiger partial charge in [-0.05, 0) is 39.5 Å². The van der Waals surface area contributed by atoms with Crippen LogP contribution in [0.1, 0.15) is 71.8 Å². The SMILES string of the molecule is CC(=O)N1CCN(c2nc(N3CCC[C@@H]3C(=O)NC3CCCCC3)c3cn(C(C)C)c(O)c3n2)CC1. The molecule has 0 spiro atoms. The van der Waals surface area contributed by atoms with Crippen molar-refractivity contribution in [2.45, 2.75) is 83.8 Å². The van der Waals surface area contributed by atoms with Crippen molar-refractivity contribution in [2.24, 2.45) is 0 Å². The Morgan fingerprint density at radius 1 is 1.00 bits per heavy atom. The molecule has 36 heavy (non-hydrogen) atoms. The lowest BCUT2D eigenvalue weighted by Gasteiger charge is -2.35. The molecule has 2 amide bonds. The predicted octanol–water partition coefficient (Wildman–Crippen LogP) is 2.80. The Bertz CT molecular complexity index is 1120. The van der Waals surface area contributed by atoms with E-state index in [1.807, 2.05) is 29.5 Å². The molecule has 2 aromatic rings. The van der Waals surface area contributed by atoms with Gasteiger partial charge in [-0.2, -0.15) is 4.98 Å². The summed E-state index contributed by atoms with van der Waals surface area (Å²) in [6.45, 7) is 8.84. The molecule has 2 aromatic heterocycles. The molecule has 1 atom stereocenters. The van der Waals surface area contributed by atoms with Crippen LogP contribution in [0.3, 0.4) is 0 Å². The van der Waals surface area contributed by atoms with Crippen LogP contribution < -0.4 is 15.1 Å². The molecule has 2 saturated heterocycles. The quantitative estimate of drug-likeness (QED) is 0.654. The number of aromatic hydroxyl groups is 1. The van der Waals surface area contributed by atoms with Crippen LogP contribution >= 0.6 is 0 Å². The fourth-order valence-corrected chi connectivity index (χ4v) is 5.87. The van der Waals surface area contributed by atoms with Crippen LogP contribution in [0.25, 0.3) is 10.9 Å². The molecule has 196 valence electrons. The van der Waals surface area contributed by atoms with Crippen LogP contribution in [0.15, 0.2) is 6.20 Å². The highest BCUT2D eigenvalue weighted by atomic mass is 16.3. The molecule has 0 aromatic carbocycles. The molecule has 0 radical (unpaired) electrons. The van der Waals surface area contributed by atoms with E-state index in [0.29, 0.717) is 43.5 Å². The van der Waals surface area contributed by atoms with Gasteiger partial charge in [-0.3, -0.25) is 9.59 Å². The molecule has 5 rings (SSSR count). The third-order valence-electron chi connectivity index (χ3n) is 7.98.